The molecule has 0 heterocycles. The summed E-state index contributed by atoms with van der Waals surface area (Å²) in [7, 11) is 1.80. The van der Waals surface area contributed by atoms with E-state index in [-0.39, 0.29) is 5.54 Å². The minimum absolute atomic E-state index is 0.274. The number of hydrogen-bond acceptors (Lipinski definition) is 3. The molecule has 3 nitrogen and oxygen atoms in total. The van der Waals surface area contributed by atoms with Crippen LogP contribution in [0, 0.1) is 0 Å². The molecule has 0 unspecified atom stereocenters. The molecule has 2 fully saturated rings. The summed E-state index contributed by atoms with van der Waals surface area (Å²) in [5.74, 6) is 0. The third-order valence-corrected chi connectivity index (χ3v) is 3.87. The lowest BCUT2D eigenvalue weighted by molar-refractivity contribution is -0.0889. The SMILES string of the molecule is CCN(C1CC1)C1(CN)CC(OC)C1. The van der Waals surface area contributed by atoms with Gasteiger partial charge in [-0.15, -0.1) is 0 Å². The number of likely N-dealkylation sites (N-methyl/N-ethyl adjacent to an activating group) is 1. The zero-order valence-electron chi connectivity index (χ0n) is 9.33. The minimum Gasteiger partial charge on any atom is -0.381 e. The second-order valence-corrected chi connectivity index (χ2v) is 4.71. The lowest BCUT2D eigenvalue weighted by Crippen LogP contribution is -2.64. The summed E-state index contributed by atoms with van der Waals surface area (Å²) in [6.45, 7) is 4.17. The van der Waals surface area contributed by atoms with E-state index in [1.165, 1.54) is 12.8 Å². The van der Waals surface area contributed by atoms with Crippen LogP contribution >= 0.6 is 0 Å². The van der Waals surface area contributed by atoms with Gasteiger partial charge in [-0.2, -0.15) is 0 Å². The van der Waals surface area contributed by atoms with Gasteiger partial charge in [-0.1, -0.05) is 6.92 Å². The molecule has 0 amide bonds. The lowest BCUT2D eigenvalue weighted by atomic mass is 9.72. The Balaban J connectivity index is 1.97. The molecule has 3 heteroatoms. The third-order valence-electron chi connectivity index (χ3n) is 3.87. The van der Waals surface area contributed by atoms with E-state index in [9.17, 15) is 0 Å². The molecule has 2 N–H and O–H groups in total. The molecule has 0 aliphatic heterocycles. The van der Waals surface area contributed by atoms with E-state index in [2.05, 4.69) is 11.8 Å². The standard InChI is InChI=1S/C11H22N2O/c1-3-13(9-4-5-9)11(8-12)6-10(7-11)14-2/h9-10H,3-8,12H2,1-2H3. The number of hydrogen-bond donors (Lipinski definition) is 1. The van der Waals surface area contributed by atoms with E-state index in [0.717, 1.165) is 32.0 Å². The Labute approximate surface area is 86.6 Å². The first-order chi connectivity index (χ1) is 6.75. The van der Waals surface area contributed by atoms with Gasteiger partial charge in [-0.3, -0.25) is 4.90 Å². The van der Waals surface area contributed by atoms with Crippen molar-refractivity contribution in [2.24, 2.45) is 5.73 Å². The fourth-order valence-electron chi connectivity index (χ4n) is 2.84. The van der Waals surface area contributed by atoms with E-state index in [0.29, 0.717) is 6.10 Å². The summed E-state index contributed by atoms with van der Waals surface area (Å²) in [6.07, 6.45) is 5.45. The number of nitrogens with two attached hydrogens (primary N) is 1. The second-order valence-electron chi connectivity index (χ2n) is 4.71. The normalized spacial score (nSPS) is 37.3. The Bertz CT molecular complexity index is 197. The summed E-state index contributed by atoms with van der Waals surface area (Å²) in [4.78, 5) is 2.61. The molecule has 0 aromatic heterocycles. The monoisotopic (exact) mass is 198 g/mol. The number of ether oxygens (including phenoxy) is 1. The van der Waals surface area contributed by atoms with Crippen molar-refractivity contribution in [3.05, 3.63) is 0 Å². The Hall–Kier alpha value is -0.120. The Morgan fingerprint density at radius 1 is 1.43 bits per heavy atom. The maximum Gasteiger partial charge on any atom is 0.0607 e. The average Bonchev–Trinajstić information content (AvgIpc) is 2.94. The lowest BCUT2D eigenvalue weighted by Gasteiger charge is -2.53. The Kier molecular flexibility index (Phi) is 2.82. The Morgan fingerprint density at radius 3 is 2.43 bits per heavy atom. The van der Waals surface area contributed by atoms with Crippen LogP contribution in [-0.4, -0.2) is 42.8 Å². The van der Waals surface area contributed by atoms with Crippen LogP contribution in [-0.2, 0) is 4.74 Å². The summed E-state index contributed by atoms with van der Waals surface area (Å²) in [6, 6.07) is 0.821. The number of nitrogens with zero attached hydrogens (tertiary/aromatic N) is 1. The fourth-order valence-corrected chi connectivity index (χ4v) is 2.84. The molecule has 0 aromatic rings. The van der Waals surface area contributed by atoms with Gasteiger partial charge in [0.25, 0.3) is 0 Å². The summed E-state index contributed by atoms with van der Waals surface area (Å²) < 4.78 is 5.36. The van der Waals surface area contributed by atoms with Gasteiger partial charge in [0, 0.05) is 25.2 Å². The van der Waals surface area contributed by atoms with Crippen molar-refractivity contribution in [3.8, 4) is 0 Å². The first kappa shape index (κ1) is 10.4. The van der Waals surface area contributed by atoms with E-state index in [4.69, 9.17) is 10.5 Å². The quantitative estimate of drug-likeness (QED) is 0.715. The van der Waals surface area contributed by atoms with Crippen molar-refractivity contribution >= 4 is 0 Å². The molecule has 82 valence electrons. The van der Waals surface area contributed by atoms with Crippen LogP contribution in [0.4, 0.5) is 0 Å². The molecule has 0 radical (unpaired) electrons. The molecule has 0 aromatic carbocycles. The summed E-state index contributed by atoms with van der Waals surface area (Å²) in [5, 5.41) is 0. The van der Waals surface area contributed by atoms with Gasteiger partial charge in [0.05, 0.1) is 6.10 Å². The highest BCUT2D eigenvalue weighted by Gasteiger charge is 2.51. The van der Waals surface area contributed by atoms with Crippen LogP contribution in [0.5, 0.6) is 0 Å². The molecule has 0 spiro atoms. The second kappa shape index (κ2) is 3.80. The van der Waals surface area contributed by atoms with Crippen molar-refractivity contribution < 1.29 is 4.74 Å². The zero-order chi connectivity index (χ0) is 10.2. The molecule has 2 aliphatic rings. The predicted molar refractivity (Wildman–Crippen MR) is 57.2 cm³/mol. The van der Waals surface area contributed by atoms with E-state index in [1.54, 1.807) is 7.11 Å². The van der Waals surface area contributed by atoms with Gasteiger partial charge in [0.15, 0.2) is 0 Å². The number of rotatable bonds is 5. The van der Waals surface area contributed by atoms with Crippen LogP contribution in [0.2, 0.25) is 0 Å². The largest absolute Gasteiger partial charge is 0.381 e. The number of methoxy groups -OCH3 is 1. The van der Waals surface area contributed by atoms with Gasteiger partial charge < -0.3 is 10.5 Å². The first-order valence-corrected chi connectivity index (χ1v) is 5.75. The molecule has 2 rings (SSSR count). The van der Waals surface area contributed by atoms with E-state index in [1.807, 2.05) is 0 Å². The smallest absolute Gasteiger partial charge is 0.0607 e. The van der Waals surface area contributed by atoms with Gasteiger partial charge >= 0.3 is 0 Å². The van der Waals surface area contributed by atoms with Gasteiger partial charge in [-0.05, 0) is 32.2 Å². The maximum atomic E-state index is 5.93. The van der Waals surface area contributed by atoms with Crippen molar-refractivity contribution in [1.82, 2.24) is 4.90 Å². The van der Waals surface area contributed by atoms with Gasteiger partial charge in [0.1, 0.15) is 0 Å². The third kappa shape index (κ3) is 1.58. The maximum absolute atomic E-state index is 5.93. The first-order valence-electron chi connectivity index (χ1n) is 5.75. The topological polar surface area (TPSA) is 38.5 Å². The van der Waals surface area contributed by atoms with Crippen LogP contribution in [0.1, 0.15) is 32.6 Å². The van der Waals surface area contributed by atoms with Crippen LogP contribution in [0.15, 0.2) is 0 Å². The Morgan fingerprint density at radius 2 is 2.07 bits per heavy atom. The van der Waals surface area contributed by atoms with Crippen molar-refractivity contribution in [2.75, 3.05) is 20.2 Å². The van der Waals surface area contributed by atoms with Crippen LogP contribution < -0.4 is 5.73 Å². The highest BCUT2D eigenvalue weighted by molar-refractivity contribution is 5.07. The molecule has 2 saturated carbocycles. The highest BCUT2D eigenvalue weighted by Crippen LogP contribution is 2.44. The predicted octanol–water partition coefficient (Wildman–Crippen LogP) is 0.977. The zero-order valence-corrected chi connectivity index (χ0v) is 9.33. The van der Waals surface area contributed by atoms with Gasteiger partial charge in [-0.25, -0.2) is 0 Å². The molecular formula is C11H22N2O. The van der Waals surface area contributed by atoms with Crippen LogP contribution in [0.25, 0.3) is 0 Å². The summed E-state index contributed by atoms with van der Waals surface area (Å²) >= 11 is 0. The molecule has 0 bridgehead atoms. The van der Waals surface area contributed by atoms with E-state index < -0.39 is 0 Å². The van der Waals surface area contributed by atoms with Gasteiger partial charge in [0.2, 0.25) is 0 Å². The highest BCUT2D eigenvalue weighted by atomic mass is 16.5. The van der Waals surface area contributed by atoms with Crippen LogP contribution in [0.3, 0.4) is 0 Å². The molecular weight excluding hydrogens is 176 g/mol. The summed E-state index contributed by atoms with van der Waals surface area (Å²) in [5.41, 5.74) is 6.20. The molecule has 0 saturated heterocycles. The van der Waals surface area contributed by atoms with Crippen molar-refractivity contribution in [1.29, 1.82) is 0 Å². The molecule has 0 atom stereocenters. The van der Waals surface area contributed by atoms with Crippen molar-refractivity contribution in [2.45, 2.75) is 50.3 Å². The van der Waals surface area contributed by atoms with Crippen molar-refractivity contribution in [3.63, 3.8) is 0 Å². The fraction of sp³-hybridized carbons (Fsp3) is 1.00. The molecule has 2 aliphatic carbocycles. The molecule has 14 heavy (non-hydrogen) atoms. The van der Waals surface area contributed by atoms with E-state index >= 15 is 0 Å². The average molecular weight is 198 g/mol. The minimum atomic E-state index is 0.274.